The number of terminal acetylenes is 1. The Bertz CT molecular complexity index is 1590. The molecule has 1 aromatic heterocycles. The number of rotatable bonds is 15. The number of fused-ring (bicyclic) bond motifs is 1. The number of likely N-dealkylation sites (tertiary alicyclic amines) is 1. The van der Waals surface area contributed by atoms with Crippen molar-refractivity contribution in [2.75, 3.05) is 25.0 Å². The summed E-state index contributed by atoms with van der Waals surface area (Å²) in [5.74, 6) is 0.541. The van der Waals surface area contributed by atoms with Crippen LogP contribution in [0.3, 0.4) is 0 Å². The number of hydrogen-bond donors (Lipinski definition) is 5. The van der Waals surface area contributed by atoms with E-state index in [2.05, 4.69) is 36.9 Å². The molecule has 1 aromatic carbocycles. The van der Waals surface area contributed by atoms with E-state index in [1.165, 1.54) is 17.0 Å². The first-order valence-electron chi connectivity index (χ1n) is 14.4. The zero-order valence-corrected chi connectivity index (χ0v) is 24.7. The van der Waals surface area contributed by atoms with Crippen LogP contribution in [0.25, 0.3) is 21.4 Å². The number of nitrogens with one attached hydrogen (secondary N) is 3. The quantitative estimate of drug-likeness (QED) is 0.0280. The van der Waals surface area contributed by atoms with Gasteiger partial charge in [0.15, 0.2) is 5.96 Å². The number of carbonyl (C=O) groups excluding carboxylic acids is 4. The SMILES string of the molecule is C#CCCCC(=O)NCC(=O)N1CCC[C@H]1C(=O)N[C@@H](CCCN=C(N)N)C(=O)Nc1ccc2c(CN=[N+]=[N-])cc(=O)oc2c1. The maximum atomic E-state index is 13.4. The summed E-state index contributed by atoms with van der Waals surface area (Å²) in [6.45, 7) is 0.221. The van der Waals surface area contributed by atoms with E-state index < -0.39 is 35.4 Å². The van der Waals surface area contributed by atoms with Gasteiger partial charge in [0.25, 0.3) is 0 Å². The van der Waals surface area contributed by atoms with Crippen LogP contribution in [0.4, 0.5) is 5.69 Å². The van der Waals surface area contributed by atoms with Gasteiger partial charge in [0.2, 0.25) is 23.6 Å². The minimum atomic E-state index is -1.03. The van der Waals surface area contributed by atoms with Gasteiger partial charge in [0.1, 0.15) is 17.7 Å². The number of nitrogens with two attached hydrogens (primary N) is 2. The maximum absolute atomic E-state index is 13.4. The van der Waals surface area contributed by atoms with Crippen LogP contribution in [-0.2, 0) is 25.7 Å². The van der Waals surface area contributed by atoms with Gasteiger partial charge in [-0.05, 0) is 55.3 Å². The molecule has 7 N–H and O–H groups in total. The Labute approximate surface area is 258 Å². The molecule has 238 valence electrons. The molecular formula is C29H36N10O6. The summed E-state index contributed by atoms with van der Waals surface area (Å²) < 4.78 is 5.27. The fourth-order valence-corrected chi connectivity index (χ4v) is 4.87. The molecule has 0 unspecified atom stereocenters. The summed E-state index contributed by atoms with van der Waals surface area (Å²) in [6.07, 6.45) is 7.83. The molecule has 2 heterocycles. The van der Waals surface area contributed by atoms with E-state index in [-0.39, 0.29) is 55.6 Å². The average molecular weight is 621 g/mol. The molecule has 2 aromatic rings. The number of guanidine groups is 1. The molecule has 3 rings (SSSR count). The highest BCUT2D eigenvalue weighted by molar-refractivity contribution is 6.00. The largest absolute Gasteiger partial charge is 0.423 e. The summed E-state index contributed by atoms with van der Waals surface area (Å²) in [5.41, 5.74) is 19.7. The molecule has 0 bridgehead atoms. The van der Waals surface area contributed by atoms with Crippen molar-refractivity contribution in [2.45, 2.75) is 63.6 Å². The van der Waals surface area contributed by atoms with Crippen LogP contribution in [0.2, 0.25) is 0 Å². The number of amides is 4. The first-order valence-corrected chi connectivity index (χ1v) is 14.4. The summed E-state index contributed by atoms with van der Waals surface area (Å²) in [6, 6.07) is 4.01. The van der Waals surface area contributed by atoms with Gasteiger partial charge in [0, 0.05) is 54.0 Å². The van der Waals surface area contributed by atoms with Crippen molar-refractivity contribution >= 4 is 46.2 Å². The zero-order chi connectivity index (χ0) is 32.8. The predicted molar refractivity (Wildman–Crippen MR) is 166 cm³/mol. The normalized spacial score (nSPS) is 14.5. The monoisotopic (exact) mass is 620 g/mol. The smallest absolute Gasteiger partial charge is 0.336 e. The van der Waals surface area contributed by atoms with Crippen molar-refractivity contribution in [1.82, 2.24) is 15.5 Å². The minimum Gasteiger partial charge on any atom is -0.423 e. The van der Waals surface area contributed by atoms with E-state index in [0.717, 1.165) is 0 Å². The lowest BCUT2D eigenvalue weighted by atomic mass is 10.1. The van der Waals surface area contributed by atoms with Gasteiger partial charge in [-0.1, -0.05) is 5.11 Å². The number of hydrogen-bond acceptors (Lipinski definition) is 8. The lowest BCUT2D eigenvalue weighted by Crippen LogP contribution is -2.53. The molecule has 0 radical (unpaired) electrons. The van der Waals surface area contributed by atoms with Gasteiger partial charge in [-0.3, -0.25) is 24.2 Å². The Hall–Kier alpha value is -5.55. The van der Waals surface area contributed by atoms with Crippen molar-refractivity contribution in [3.8, 4) is 12.3 Å². The standard InChI is InChI=1S/C29H36N10O6/c1-2-3-4-9-24(40)34-17-25(41)39-13-6-8-22(39)28(44)37-21(7-5-12-33-29(30)31)27(43)36-19-10-11-20-18(16-35-38-32)14-26(42)45-23(20)15-19/h1,10-11,14-15,21-22H,3-9,12-13,16-17H2,(H,34,40)(H,36,43)(H,37,44)(H4,30,31,33)/t21-,22-/m0/s1. The molecule has 16 heteroatoms. The summed E-state index contributed by atoms with van der Waals surface area (Å²) in [4.78, 5) is 71.7. The molecule has 16 nitrogen and oxygen atoms in total. The second kappa shape index (κ2) is 16.9. The fourth-order valence-electron chi connectivity index (χ4n) is 4.87. The topological polar surface area (TPSA) is 251 Å². The Kier molecular flexibility index (Phi) is 12.8. The number of nitrogens with zero attached hydrogens (tertiary/aromatic N) is 5. The molecule has 1 aliphatic heterocycles. The molecule has 0 aliphatic carbocycles. The van der Waals surface area contributed by atoms with E-state index in [1.54, 1.807) is 12.1 Å². The molecule has 2 atom stereocenters. The maximum Gasteiger partial charge on any atom is 0.336 e. The predicted octanol–water partition coefficient (Wildman–Crippen LogP) is 0.991. The Morgan fingerprint density at radius 1 is 1.22 bits per heavy atom. The Morgan fingerprint density at radius 3 is 2.76 bits per heavy atom. The van der Waals surface area contributed by atoms with Crippen molar-refractivity contribution in [3.63, 3.8) is 0 Å². The van der Waals surface area contributed by atoms with Gasteiger partial charge in [0.05, 0.1) is 13.1 Å². The molecule has 1 aliphatic rings. The van der Waals surface area contributed by atoms with Crippen molar-refractivity contribution in [1.29, 1.82) is 0 Å². The first kappa shape index (κ1) is 33.9. The van der Waals surface area contributed by atoms with E-state index in [1.807, 2.05) is 0 Å². The fraction of sp³-hybridized carbons (Fsp3) is 0.448. The van der Waals surface area contributed by atoms with Crippen LogP contribution in [-0.4, -0.2) is 66.2 Å². The summed E-state index contributed by atoms with van der Waals surface area (Å²) >= 11 is 0. The van der Waals surface area contributed by atoms with Crippen LogP contribution in [0, 0.1) is 12.3 Å². The molecular weight excluding hydrogens is 584 g/mol. The van der Waals surface area contributed by atoms with E-state index >= 15 is 0 Å². The van der Waals surface area contributed by atoms with E-state index in [9.17, 15) is 24.0 Å². The van der Waals surface area contributed by atoms with Crippen LogP contribution in [0.5, 0.6) is 0 Å². The molecule has 1 saturated heterocycles. The first-order chi connectivity index (χ1) is 21.6. The average Bonchev–Trinajstić information content (AvgIpc) is 3.50. The molecule has 0 saturated carbocycles. The number of aliphatic imine (C=N–C) groups is 1. The zero-order valence-electron chi connectivity index (χ0n) is 24.7. The van der Waals surface area contributed by atoms with Gasteiger partial charge in [-0.2, -0.15) is 0 Å². The molecule has 4 amide bonds. The highest BCUT2D eigenvalue weighted by Crippen LogP contribution is 2.23. The van der Waals surface area contributed by atoms with Crippen LogP contribution in [0.15, 0.2) is 43.6 Å². The number of azide groups is 1. The molecule has 45 heavy (non-hydrogen) atoms. The van der Waals surface area contributed by atoms with Crippen molar-refractivity contribution in [2.24, 2.45) is 21.6 Å². The third-order valence-corrected chi connectivity index (χ3v) is 7.02. The van der Waals surface area contributed by atoms with Gasteiger partial charge in [-0.15, -0.1) is 12.3 Å². The summed E-state index contributed by atoms with van der Waals surface area (Å²) in [7, 11) is 0. The van der Waals surface area contributed by atoms with Crippen LogP contribution >= 0.6 is 0 Å². The number of benzene rings is 1. The van der Waals surface area contributed by atoms with Gasteiger partial charge in [-0.25, -0.2) is 4.79 Å². The highest BCUT2D eigenvalue weighted by atomic mass is 16.4. The van der Waals surface area contributed by atoms with Crippen LogP contribution < -0.4 is 33.0 Å². The third-order valence-electron chi connectivity index (χ3n) is 7.02. The minimum absolute atomic E-state index is 0.0617. The number of anilines is 1. The van der Waals surface area contributed by atoms with Crippen molar-refractivity contribution < 1.29 is 23.6 Å². The van der Waals surface area contributed by atoms with Gasteiger partial charge < -0.3 is 36.7 Å². The lowest BCUT2D eigenvalue weighted by Gasteiger charge is -2.26. The number of unbranched alkanes of at least 4 members (excludes halogenated alkanes) is 1. The van der Waals surface area contributed by atoms with Gasteiger partial charge >= 0.3 is 5.63 Å². The van der Waals surface area contributed by atoms with Crippen LogP contribution in [0.1, 0.15) is 50.5 Å². The third kappa shape index (κ3) is 10.3. The molecule has 1 fully saturated rings. The summed E-state index contributed by atoms with van der Waals surface area (Å²) in [5, 5.41) is 12.1. The second-order valence-electron chi connectivity index (χ2n) is 10.3. The van der Waals surface area contributed by atoms with E-state index in [4.69, 9.17) is 27.8 Å². The van der Waals surface area contributed by atoms with E-state index in [0.29, 0.717) is 49.6 Å². The highest BCUT2D eigenvalue weighted by Gasteiger charge is 2.35. The number of carbonyl (C=O) groups is 4. The molecule has 0 spiro atoms. The van der Waals surface area contributed by atoms with Crippen molar-refractivity contribution in [3.05, 3.63) is 50.7 Å². The Balaban J connectivity index is 1.72. The Morgan fingerprint density at radius 2 is 2.02 bits per heavy atom. The second-order valence-corrected chi connectivity index (χ2v) is 10.3. The lowest BCUT2D eigenvalue weighted by molar-refractivity contribution is -0.139.